The number of hydrogen-bond acceptors (Lipinski definition) is 4. The molecule has 0 radical (unpaired) electrons. The third-order valence-electron chi connectivity index (χ3n) is 4.49. The van der Waals surface area contributed by atoms with E-state index in [4.69, 9.17) is 0 Å². The van der Waals surface area contributed by atoms with Crippen LogP contribution in [0.3, 0.4) is 0 Å². The summed E-state index contributed by atoms with van der Waals surface area (Å²) in [5.74, 6) is 1.59. The Bertz CT molecular complexity index is 586. The Labute approximate surface area is 125 Å². The lowest BCUT2D eigenvalue weighted by atomic mass is 9.84. The summed E-state index contributed by atoms with van der Waals surface area (Å²) in [5, 5.41) is 15.3. The molecule has 1 aromatic carbocycles. The van der Waals surface area contributed by atoms with Crippen LogP contribution in [0.15, 0.2) is 24.3 Å². The van der Waals surface area contributed by atoms with Crippen molar-refractivity contribution in [3.63, 3.8) is 0 Å². The topological polar surface area (TPSA) is 55.6 Å². The number of aromatic nitrogens is 4. The minimum absolute atomic E-state index is 0.512. The van der Waals surface area contributed by atoms with Gasteiger partial charge in [-0.3, -0.25) is 0 Å². The van der Waals surface area contributed by atoms with Crippen LogP contribution in [0.5, 0.6) is 0 Å². The van der Waals surface area contributed by atoms with Gasteiger partial charge in [-0.2, -0.15) is 0 Å². The largest absolute Gasteiger partial charge is 0.382 e. The van der Waals surface area contributed by atoms with Crippen molar-refractivity contribution >= 4 is 5.69 Å². The van der Waals surface area contributed by atoms with E-state index in [0.29, 0.717) is 6.04 Å². The standard InChI is InChI=1S/C16H23N5/c1-12(13-7-4-3-5-8-13)17-15-10-6-9-14(11-15)16-18-19-20-21(16)2/h6,9-13,17H,3-5,7-8H2,1-2H3. The molecule has 0 aliphatic heterocycles. The number of anilines is 1. The summed E-state index contributed by atoms with van der Waals surface area (Å²) in [5.41, 5.74) is 2.19. The summed E-state index contributed by atoms with van der Waals surface area (Å²) in [4.78, 5) is 0. The first-order valence-corrected chi connectivity index (χ1v) is 7.83. The third-order valence-corrected chi connectivity index (χ3v) is 4.49. The van der Waals surface area contributed by atoms with Crippen molar-refractivity contribution in [3.8, 4) is 11.4 Å². The minimum atomic E-state index is 0.512. The molecule has 5 nitrogen and oxygen atoms in total. The summed E-state index contributed by atoms with van der Waals surface area (Å²) in [6, 6.07) is 8.86. The molecule has 1 unspecified atom stereocenters. The van der Waals surface area contributed by atoms with E-state index in [0.717, 1.165) is 23.0 Å². The fourth-order valence-corrected chi connectivity index (χ4v) is 3.24. The second kappa shape index (κ2) is 6.24. The van der Waals surface area contributed by atoms with E-state index in [9.17, 15) is 0 Å². The summed E-state index contributed by atoms with van der Waals surface area (Å²) < 4.78 is 1.70. The van der Waals surface area contributed by atoms with Crippen molar-refractivity contribution in [2.45, 2.75) is 45.1 Å². The predicted molar refractivity (Wildman–Crippen MR) is 83.9 cm³/mol. The number of nitrogens with zero attached hydrogens (tertiary/aromatic N) is 4. The first kappa shape index (κ1) is 14.0. The van der Waals surface area contributed by atoms with E-state index >= 15 is 0 Å². The molecule has 1 N–H and O–H groups in total. The van der Waals surface area contributed by atoms with E-state index in [1.165, 1.54) is 32.1 Å². The van der Waals surface area contributed by atoms with Crippen molar-refractivity contribution in [1.82, 2.24) is 20.2 Å². The van der Waals surface area contributed by atoms with E-state index in [2.05, 4.69) is 46.0 Å². The highest BCUT2D eigenvalue weighted by Gasteiger charge is 2.20. The van der Waals surface area contributed by atoms with Gasteiger partial charge in [0, 0.05) is 24.3 Å². The number of tetrazole rings is 1. The van der Waals surface area contributed by atoms with Gasteiger partial charge in [0.1, 0.15) is 0 Å². The van der Waals surface area contributed by atoms with Crippen molar-refractivity contribution < 1.29 is 0 Å². The maximum Gasteiger partial charge on any atom is 0.181 e. The zero-order valence-electron chi connectivity index (χ0n) is 12.8. The molecule has 1 saturated carbocycles. The van der Waals surface area contributed by atoms with Crippen molar-refractivity contribution in [2.24, 2.45) is 13.0 Å². The summed E-state index contributed by atoms with van der Waals surface area (Å²) in [6.45, 7) is 2.30. The molecule has 0 spiro atoms. The molecular formula is C16H23N5. The van der Waals surface area contributed by atoms with Gasteiger partial charge in [0.15, 0.2) is 5.82 Å². The molecule has 5 heteroatoms. The Morgan fingerprint density at radius 1 is 1.24 bits per heavy atom. The van der Waals surface area contributed by atoms with E-state index in [1.807, 2.05) is 13.1 Å². The molecule has 1 aromatic heterocycles. The lowest BCUT2D eigenvalue weighted by molar-refractivity contribution is 0.328. The Kier molecular flexibility index (Phi) is 4.18. The number of benzene rings is 1. The molecule has 0 saturated heterocycles. The van der Waals surface area contributed by atoms with E-state index in [-0.39, 0.29) is 0 Å². The predicted octanol–water partition coefficient (Wildman–Crippen LogP) is 3.26. The average Bonchev–Trinajstić information content (AvgIpc) is 2.94. The van der Waals surface area contributed by atoms with Gasteiger partial charge in [-0.05, 0) is 48.2 Å². The highest BCUT2D eigenvalue weighted by atomic mass is 15.5. The average molecular weight is 285 g/mol. The van der Waals surface area contributed by atoms with Gasteiger partial charge in [0.25, 0.3) is 0 Å². The lowest BCUT2D eigenvalue weighted by Crippen LogP contribution is -2.27. The molecule has 1 fully saturated rings. The van der Waals surface area contributed by atoms with E-state index < -0.39 is 0 Å². The fraction of sp³-hybridized carbons (Fsp3) is 0.562. The maximum absolute atomic E-state index is 4.07. The van der Waals surface area contributed by atoms with Crippen LogP contribution in [0.2, 0.25) is 0 Å². The summed E-state index contributed by atoms with van der Waals surface area (Å²) in [6.07, 6.45) is 6.85. The van der Waals surface area contributed by atoms with Gasteiger partial charge in [0.2, 0.25) is 0 Å². The molecule has 1 heterocycles. The van der Waals surface area contributed by atoms with Gasteiger partial charge in [-0.25, -0.2) is 4.68 Å². The molecule has 0 amide bonds. The first-order chi connectivity index (χ1) is 10.2. The van der Waals surface area contributed by atoms with Gasteiger partial charge < -0.3 is 5.32 Å². The fourth-order valence-electron chi connectivity index (χ4n) is 3.24. The smallest absolute Gasteiger partial charge is 0.181 e. The minimum Gasteiger partial charge on any atom is -0.382 e. The Morgan fingerprint density at radius 2 is 2.05 bits per heavy atom. The zero-order valence-corrected chi connectivity index (χ0v) is 12.8. The molecular weight excluding hydrogens is 262 g/mol. The van der Waals surface area contributed by atoms with Gasteiger partial charge in [0.05, 0.1) is 0 Å². The summed E-state index contributed by atoms with van der Waals surface area (Å²) >= 11 is 0. The number of hydrogen-bond donors (Lipinski definition) is 1. The van der Waals surface area contributed by atoms with Crippen molar-refractivity contribution in [1.29, 1.82) is 0 Å². The lowest BCUT2D eigenvalue weighted by Gasteiger charge is -2.29. The number of nitrogens with one attached hydrogen (secondary N) is 1. The molecule has 112 valence electrons. The second-order valence-electron chi connectivity index (χ2n) is 6.04. The monoisotopic (exact) mass is 285 g/mol. The van der Waals surface area contributed by atoms with Gasteiger partial charge >= 0.3 is 0 Å². The molecule has 1 atom stereocenters. The summed E-state index contributed by atoms with van der Waals surface area (Å²) in [7, 11) is 1.86. The molecule has 2 aromatic rings. The Morgan fingerprint density at radius 3 is 2.76 bits per heavy atom. The van der Waals surface area contributed by atoms with Crippen molar-refractivity contribution in [2.75, 3.05) is 5.32 Å². The molecule has 1 aliphatic rings. The third kappa shape index (κ3) is 3.23. The SMILES string of the molecule is CC(Nc1cccc(-c2nnnn2C)c1)C1CCCCC1. The van der Waals surface area contributed by atoms with Crippen molar-refractivity contribution in [3.05, 3.63) is 24.3 Å². The van der Waals surface area contributed by atoms with Crippen LogP contribution in [0.1, 0.15) is 39.0 Å². The quantitative estimate of drug-likeness (QED) is 0.936. The molecule has 1 aliphatic carbocycles. The van der Waals surface area contributed by atoms with Crippen LogP contribution in [-0.4, -0.2) is 26.2 Å². The molecule has 21 heavy (non-hydrogen) atoms. The Balaban J connectivity index is 1.72. The van der Waals surface area contributed by atoms with Gasteiger partial charge in [-0.1, -0.05) is 31.4 Å². The normalized spacial score (nSPS) is 17.6. The maximum atomic E-state index is 4.07. The van der Waals surface area contributed by atoms with Gasteiger partial charge in [-0.15, -0.1) is 5.10 Å². The van der Waals surface area contributed by atoms with Crippen LogP contribution < -0.4 is 5.32 Å². The van der Waals surface area contributed by atoms with Crippen LogP contribution in [-0.2, 0) is 7.05 Å². The Hall–Kier alpha value is -1.91. The highest BCUT2D eigenvalue weighted by Crippen LogP contribution is 2.28. The number of aryl methyl sites for hydroxylation is 1. The second-order valence-corrected chi connectivity index (χ2v) is 6.04. The van der Waals surface area contributed by atoms with Crippen LogP contribution in [0.4, 0.5) is 5.69 Å². The molecule has 0 bridgehead atoms. The zero-order chi connectivity index (χ0) is 14.7. The van der Waals surface area contributed by atoms with Crippen LogP contribution in [0.25, 0.3) is 11.4 Å². The first-order valence-electron chi connectivity index (χ1n) is 7.83. The van der Waals surface area contributed by atoms with Crippen LogP contribution in [0, 0.1) is 5.92 Å². The molecule has 3 rings (SSSR count). The number of rotatable bonds is 4. The highest BCUT2D eigenvalue weighted by molar-refractivity contribution is 5.62. The van der Waals surface area contributed by atoms with E-state index in [1.54, 1.807) is 4.68 Å². The van der Waals surface area contributed by atoms with Crippen LogP contribution >= 0.6 is 0 Å².